The van der Waals surface area contributed by atoms with Crippen LogP contribution >= 0.6 is 15.2 Å². The highest BCUT2D eigenvalue weighted by Crippen LogP contribution is 2.65. The maximum absolute atomic E-state index is 12.7. The van der Waals surface area contributed by atoms with Crippen LogP contribution in [0.4, 0.5) is 0 Å². The maximum atomic E-state index is 12.7. The highest BCUT2D eigenvalue weighted by Gasteiger charge is 2.50. The van der Waals surface area contributed by atoms with Crippen LogP contribution < -0.4 is 0 Å². The quantitative estimate of drug-likeness (QED) is 0.230. The van der Waals surface area contributed by atoms with Crippen LogP contribution in [0, 0.1) is 0 Å². The van der Waals surface area contributed by atoms with Gasteiger partial charge in [0, 0.05) is 23.3 Å². The molecule has 3 heterocycles. The van der Waals surface area contributed by atoms with Gasteiger partial charge >= 0.3 is 15.2 Å². The molecule has 0 saturated heterocycles. The number of rotatable bonds is 7. The summed E-state index contributed by atoms with van der Waals surface area (Å²) in [4.78, 5) is 52.1. The highest BCUT2D eigenvalue weighted by atomic mass is 31.2. The number of furan rings is 1. The molecule has 4 aromatic rings. The van der Waals surface area contributed by atoms with Crippen molar-refractivity contribution in [3.8, 4) is 0 Å². The van der Waals surface area contributed by atoms with Crippen LogP contribution in [0.2, 0.25) is 0 Å². The van der Waals surface area contributed by atoms with E-state index in [0.29, 0.717) is 10.9 Å². The molecule has 1 atom stereocenters. The summed E-state index contributed by atoms with van der Waals surface area (Å²) < 4.78 is 30.7. The smallest absolute Gasteiger partial charge is 0.341 e. The molecule has 3 aromatic heterocycles. The third-order valence-electron chi connectivity index (χ3n) is 4.85. The monoisotopic (exact) mass is 466 g/mol. The van der Waals surface area contributed by atoms with Crippen molar-refractivity contribution in [3.63, 3.8) is 0 Å². The fraction of sp³-hybridized carbons (Fsp3) is 0.176. The van der Waals surface area contributed by atoms with E-state index < -0.39 is 38.7 Å². The van der Waals surface area contributed by atoms with E-state index in [9.17, 15) is 33.5 Å². The molecule has 0 aliphatic carbocycles. The Morgan fingerprint density at radius 3 is 2.42 bits per heavy atom. The lowest BCUT2D eigenvalue weighted by atomic mass is 9.94. The normalized spacial score (nSPS) is 13.8. The number of pyridine rings is 1. The summed E-state index contributed by atoms with van der Waals surface area (Å²) in [6, 6.07) is 11.1. The SMILES string of the molecule is O=C(CC(c1cc2ccccc2n2nnnc12)C(P(=O)(O)O)P(=O)(O)O)c1ccco1. The Balaban J connectivity index is 1.98. The highest BCUT2D eigenvalue weighted by molar-refractivity contribution is 7.71. The van der Waals surface area contributed by atoms with Gasteiger partial charge in [0.1, 0.15) is 0 Å². The second kappa shape index (κ2) is 7.76. The lowest BCUT2D eigenvalue weighted by Crippen LogP contribution is -2.23. The molecule has 0 radical (unpaired) electrons. The molecule has 0 bridgehead atoms. The van der Waals surface area contributed by atoms with Gasteiger partial charge in [0.15, 0.2) is 22.6 Å². The first kappa shape index (κ1) is 21.5. The number of carbonyl (C=O) groups excluding carboxylic acids is 1. The first-order valence-corrected chi connectivity index (χ1v) is 12.2. The number of para-hydroxylation sites is 1. The Bertz CT molecular complexity index is 1340. The van der Waals surface area contributed by atoms with Crippen LogP contribution in [0.1, 0.15) is 28.5 Å². The molecule has 4 N–H and O–H groups in total. The number of carbonyl (C=O) groups is 1. The number of fused-ring (bicyclic) bond motifs is 3. The number of aromatic nitrogens is 4. The van der Waals surface area contributed by atoms with Crippen LogP contribution in [0.3, 0.4) is 0 Å². The number of Topliss-reactive ketones (excluding diaryl/α,β-unsaturated/α-hetero) is 1. The van der Waals surface area contributed by atoms with Gasteiger partial charge in [-0.05, 0) is 34.7 Å². The van der Waals surface area contributed by atoms with E-state index in [0.717, 1.165) is 0 Å². The van der Waals surface area contributed by atoms with Crippen molar-refractivity contribution in [2.24, 2.45) is 0 Å². The zero-order valence-corrected chi connectivity index (χ0v) is 17.4. The number of hydrogen-bond donors (Lipinski definition) is 4. The lowest BCUT2D eigenvalue weighted by molar-refractivity contribution is 0.0947. The van der Waals surface area contributed by atoms with Crippen molar-refractivity contribution < 1.29 is 37.9 Å². The summed E-state index contributed by atoms with van der Waals surface area (Å²) in [5.41, 5.74) is 0.592. The minimum atomic E-state index is -5.40. The van der Waals surface area contributed by atoms with E-state index in [1.54, 1.807) is 24.3 Å². The minimum absolute atomic E-state index is 0.0141. The third-order valence-corrected chi connectivity index (χ3v) is 8.76. The molecule has 1 unspecified atom stereocenters. The maximum Gasteiger partial charge on any atom is 0.341 e. The molecule has 31 heavy (non-hydrogen) atoms. The molecule has 1 aromatic carbocycles. The van der Waals surface area contributed by atoms with Gasteiger partial charge in [-0.15, -0.1) is 5.10 Å². The van der Waals surface area contributed by atoms with Gasteiger partial charge in [0.05, 0.1) is 11.8 Å². The molecule has 0 saturated carbocycles. The van der Waals surface area contributed by atoms with Crippen LogP contribution in [0.15, 0.2) is 53.1 Å². The van der Waals surface area contributed by atoms with Crippen LogP contribution in [-0.4, -0.2) is 50.8 Å². The molecule has 162 valence electrons. The molecule has 14 heteroatoms. The molecule has 0 aliphatic heterocycles. The van der Waals surface area contributed by atoms with E-state index >= 15 is 0 Å². The Labute approximate surface area is 173 Å². The fourth-order valence-electron chi connectivity index (χ4n) is 3.62. The van der Waals surface area contributed by atoms with Gasteiger partial charge in [-0.25, -0.2) is 0 Å². The van der Waals surface area contributed by atoms with Crippen molar-refractivity contribution in [1.82, 2.24) is 20.0 Å². The fourth-order valence-corrected chi connectivity index (χ4v) is 6.65. The lowest BCUT2D eigenvalue weighted by Gasteiger charge is -2.28. The zero-order chi connectivity index (χ0) is 22.4. The molecule has 0 aliphatic rings. The first-order chi connectivity index (χ1) is 14.6. The van der Waals surface area contributed by atoms with Crippen LogP contribution in [0.25, 0.3) is 16.6 Å². The van der Waals surface area contributed by atoms with Crippen LogP contribution in [-0.2, 0) is 9.13 Å². The second-order valence-corrected chi connectivity index (χ2v) is 10.8. The number of benzene rings is 1. The average Bonchev–Trinajstić information content (AvgIpc) is 3.36. The standard InChI is InChI=1S/C17H16N4O8P2/c22-14(15-6-3-7-29-15)9-12(17(30(23,24)25)31(26,27)28)11-8-10-4-1-2-5-13(10)21-16(11)18-19-20-21/h1-8,12,17H,9H2,(H2,23,24,25)(H2,26,27,28). The Kier molecular flexibility index (Phi) is 5.38. The molecular weight excluding hydrogens is 450 g/mol. The third kappa shape index (κ3) is 4.09. The topological polar surface area (TPSA) is 188 Å². The van der Waals surface area contributed by atoms with Gasteiger partial charge in [-0.2, -0.15) is 4.52 Å². The molecule has 0 amide bonds. The predicted octanol–water partition coefficient (Wildman–Crippen LogP) is 1.91. The van der Waals surface area contributed by atoms with Gasteiger partial charge in [-0.3, -0.25) is 13.9 Å². The van der Waals surface area contributed by atoms with E-state index in [1.165, 1.54) is 29.0 Å². The number of nitrogens with zero attached hydrogens (tertiary/aromatic N) is 4. The largest absolute Gasteiger partial charge is 0.461 e. The number of hydrogen-bond acceptors (Lipinski definition) is 7. The summed E-state index contributed by atoms with van der Waals surface area (Å²) in [5, 5.41) is 9.37. The van der Waals surface area contributed by atoms with E-state index in [4.69, 9.17) is 4.42 Å². The van der Waals surface area contributed by atoms with Crippen molar-refractivity contribution in [2.75, 3.05) is 0 Å². The van der Waals surface area contributed by atoms with Gasteiger partial charge < -0.3 is 24.0 Å². The summed E-state index contributed by atoms with van der Waals surface area (Å²) in [6.07, 6.45) is 0.581. The van der Waals surface area contributed by atoms with Gasteiger partial charge in [0.2, 0.25) is 0 Å². The van der Waals surface area contributed by atoms with Gasteiger partial charge in [0.25, 0.3) is 0 Å². The summed E-state index contributed by atoms with van der Waals surface area (Å²) >= 11 is 0. The van der Waals surface area contributed by atoms with Crippen molar-refractivity contribution >= 4 is 37.5 Å². The molecule has 0 spiro atoms. The first-order valence-electron chi connectivity index (χ1n) is 8.84. The summed E-state index contributed by atoms with van der Waals surface area (Å²) in [7, 11) is -10.8. The summed E-state index contributed by atoms with van der Waals surface area (Å²) in [5.74, 6) is -2.42. The minimum Gasteiger partial charge on any atom is -0.461 e. The predicted molar refractivity (Wildman–Crippen MR) is 107 cm³/mol. The summed E-state index contributed by atoms with van der Waals surface area (Å²) in [6.45, 7) is 0. The zero-order valence-electron chi connectivity index (χ0n) is 15.6. The molecular formula is C17H16N4O8P2. The molecule has 0 fully saturated rings. The number of ketones is 1. The Morgan fingerprint density at radius 1 is 1.06 bits per heavy atom. The van der Waals surface area contributed by atoms with Crippen LogP contribution in [0.5, 0.6) is 0 Å². The van der Waals surface area contributed by atoms with E-state index in [-0.39, 0.29) is 17.0 Å². The van der Waals surface area contributed by atoms with E-state index in [2.05, 4.69) is 15.5 Å². The van der Waals surface area contributed by atoms with Crippen molar-refractivity contribution in [1.29, 1.82) is 0 Å². The van der Waals surface area contributed by atoms with Crippen molar-refractivity contribution in [2.45, 2.75) is 17.7 Å². The molecule has 4 rings (SSSR count). The van der Waals surface area contributed by atoms with Crippen molar-refractivity contribution in [3.05, 3.63) is 60.1 Å². The average molecular weight is 466 g/mol. The Hall–Kier alpha value is -2.72. The second-order valence-electron chi connectivity index (χ2n) is 6.88. The molecule has 12 nitrogen and oxygen atoms in total. The van der Waals surface area contributed by atoms with Gasteiger partial charge in [-0.1, -0.05) is 18.2 Å². The van der Waals surface area contributed by atoms with E-state index in [1.807, 2.05) is 0 Å². The number of tetrazole rings is 1. The Morgan fingerprint density at radius 2 is 1.77 bits per heavy atom.